The van der Waals surface area contributed by atoms with Gasteiger partial charge in [0.1, 0.15) is 5.76 Å². The van der Waals surface area contributed by atoms with E-state index in [1.807, 2.05) is 66.1 Å². The van der Waals surface area contributed by atoms with Crippen LogP contribution in [0.4, 0.5) is 0 Å². The highest BCUT2D eigenvalue weighted by Gasteiger charge is 2.31. The lowest BCUT2D eigenvalue weighted by Crippen LogP contribution is -2.51. The van der Waals surface area contributed by atoms with Crippen LogP contribution in [0.3, 0.4) is 0 Å². The number of carbonyl (C=O) groups excluding carboxylic acids is 2. The van der Waals surface area contributed by atoms with Crippen LogP contribution in [0.25, 0.3) is 22.6 Å². The number of pyridine rings is 1. The van der Waals surface area contributed by atoms with Gasteiger partial charge in [0.2, 0.25) is 5.91 Å². The molecule has 1 aliphatic heterocycles. The van der Waals surface area contributed by atoms with Crippen LogP contribution in [0.2, 0.25) is 0 Å². The fourth-order valence-corrected chi connectivity index (χ4v) is 4.92. The number of allylic oxidation sites excluding steroid dienone is 1. The minimum Gasteiger partial charge on any atom is -0.465 e. The molecule has 2 aliphatic rings. The van der Waals surface area contributed by atoms with Gasteiger partial charge < -0.3 is 14.2 Å². The summed E-state index contributed by atoms with van der Waals surface area (Å²) >= 11 is 0. The number of para-hydroxylation sites is 1. The first kappa shape index (κ1) is 21.4. The van der Waals surface area contributed by atoms with Gasteiger partial charge in [0, 0.05) is 37.5 Å². The fraction of sp³-hybridized carbons (Fsp3) is 0.370. The number of carbonyl (C=O) groups is 2. The average molecular weight is 444 g/mol. The molecule has 3 heterocycles. The van der Waals surface area contributed by atoms with Crippen LogP contribution >= 0.6 is 0 Å². The van der Waals surface area contributed by atoms with Gasteiger partial charge in [-0.2, -0.15) is 0 Å². The number of fused-ring (bicyclic) bond motifs is 2. The zero-order valence-electron chi connectivity index (χ0n) is 19.2. The molecular formula is C27H29N3O3. The highest BCUT2D eigenvalue weighted by Crippen LogP contribution is 2.36. The number of benzene rings is 1. The summed E-state index contributed by atoms with van der Waals surface area (Å²) in [4.78, 5) is 35.0. The van der Waals surface area contributed by atoms with E-state index in [1.165, 1.54) is 0 Å². The molecule has 0 atom stereocenters. The van der Waals surface area contributed by atoms with E-state index in [9.17, 15) is 9.59 Å². The third-order valence-corrected chi connectivity index (χ3v) is 6.62. The zero-order chi connectivity index (χ0) is 22.9. The van der Waals surface area contributed by atoms with Crippen LogP contribution in [-0.2, 0) is 11.2 Å². The maximum Gasteiger partial charge on any atom is 0.255 e. The highest BCUT2D eigenvalue weighted by molar-refractivity contribution is 6.09. The van der Waals surface area contributed by atoms with Crippen molar-refractivity contribution < 1.29 is 14.0 Å². The summed E-state index contributed by atoms with van der Waals surface area (Å²) in [6, 6.07) is 11.7. The molecule has 6 heteroatoms. The van der Waals surface area contributed by atoms with E-state index in [2.05, 4.69) is 0 Å². The maximum atomic E-state index is 13.9. The quantitative estimate of drug-likeness (QED) is 0.591. The number of furan rings is 1. The first-order valence-corrected chi connectivity index (χ1v) is 11.8. The first-order valence-electron chi connectivity index (χ1n) is 11.8. The monoisotopic (exact) mass is 443 g/mol. The van der Waals surface area contributed by atoms with Crippen molar-refractivity contribution in [1.82, 2.24) is 14.8 Å². The molecule has 1 aromatic carbocycles. The largest absolute Gasteiger partial charge is 0.465 e. The van der Waals surface area contributed by atoms with E-state index in [1.54, 1.807) is 6.26 Å². The molecule has 2 amide bonds. The van der Waals surface area contributed by atoms with E-state index in [0.29, 0.717) is 26.2 Å². The molecule has 0 bridgehead atoms. The third-order valence-electron chi connectivity index (χ3n) is 6.62. The molecule has 0 N–H and O–H groups in total. The molecular weight excluding hydrogens is 414 g/mol. The Labute approximate surface area is 193 Å². The molecule has 0 unspecified atom stereocenters. The molecule has 1 aliphatic carbocycles. The summed E-state index contributed by atoms with van der Waals surface area (Å²) in [6.45, 7) is 6.11. The Kier molecular flexibility index (Phi) is 5.75. The second-order valence-electron chi connectivity index (χ2n) is 9.14. The van der Waals surface area contributed by atoms with Crippen molar-refractivity contribution in [2.45, 2.75) is 33.1 Å². The number of rotatable bonds is 3. The van der Waals surface area contributed by atoms with E-state index in [4.69, 9.17) is 9.40 Å². The molecule has 0 saturated carbocycles. The topological polar surface area (TPSA) is 66.7 Å². The van der Waals surface area contributed by atoms with Gasteiger partial charge >= 0.3 is 0 Å². The Balaban J connectivity index is 1.53. The third kappa shape index (κ3) is 4.06. The molecule has 170 valence electrons. The smallest absolute Gasteiger partial charge is 0.255 e. The highest BCUT2D eigenvalue weighted by atomic mass is 16.3. The second kappa shape index (κ2) is 8.85. The minimum absolute atomic E-state index is 0.0252. The standard InChI is InChI=1S/C27H29N3O3/c1-18(2)26(31)29-12-14-30(15-13-29)27(32)24-21-9-3-4-11-23(21)28-25-19(7-5-10-22(24)25)17-20-8-6-16-33-20/h3-4,6,8-9,11,16-18H,5,7,10,12-15H2,1-2H3/b19-17+. The number of amides is 2. The SMILES string of the molecule is CC(C)C(=O)N1CCN(C(=O)c2c3c(nc4ccccc24)/C(=C/c2ccco2)CCC3)CC1. The van der Waals surface area contributed by atoms with E-state index >= 15 is 0 Å². The molecule has 0 spiro atoms. The Morgan fingerprint density at radius 2 is 1.76 bits per heavy atom. The van der Waals surface area contributed by atoms with Crippen molar-refractivity contribution in [2.24, 2.45) is 5.92 Å². The number of hydrogen-bond donors (Lipinski definition) is 0. The van der Waals surface area contributed by atoms with Crippen LogP contribution < -0.4 is 0 Å². The van der Waals surface area contributed by atoms with Crippen molar-refractivity contribution >= 4 is 34.4 Å². The maximum absolute atomic E-state index is 13.9. The van der Waals surface area contributed by atoms with Crippen molar-refractivity contribution in [1.29, 1.82) is 0 Å². The van der Waals surface area contributed by atoms with Gasteiger partial charge in [0.15, 0.2) is 0 Å². The molecule has 6 nitrogen and oxygen atoms in total. The molecule has 0 radical (unpaired) electrons. The zero-order valence-corrected chi connectivity index (χ0v) is 19.2. The van der Waals surface area contributed by atoms with E-state index < -0.39 is 0 Å². The lowest BCUT2D eigenvalue weighted by Gasteiger charge is -2.36. The summed E-state index contributed by atoms with van der Waals surface area (Å²) in [5, 5.41) is 0.904. The molecule has 1 fully saturated rings. The van der Waals surface area contributed by atoms with Gasteiger partial charge in [-0.1, -0.05) is 32.0 Å². The second-order valence-corrected chi connectivity index (χ2v) is 9.14. The average Bonchev–Trinajstić information content (AvgIpc) is 3.35. The normalized spacial score (nSPS) is 17.6. The van der Waals surface area contributed by atoms with E-state index in [-0.39, 0.29) is 17.7 Å². The summed E-state index contributed by atoms with van der Waals surface area (Å²) in [5.41, 5.74) is 4.65. The molecule has 5 rings (SSSR count). The predicted octanol–water partition coefficient (Wildman–Crippen LogP) is 4.65. The van der Waals surface area contributed by atoms with Crippen LogP contribution in [0, 0.1) is 5.92 Å². The lowest BCUT2D eigenvalue weighted by molar-refractivity contribution is -0.135. The summed E-state index contributed by atoms with van der Waals surface area (Å²) < 4.78 is 5.55. The van der Waals surface area contributed by atoms with Crippen molar-refractivity contribution in [2.75, 3.05) is 26.2 Å². The Morgan fingerprint density at radius 3 is 2.48 bits per heavy atom. The van der Waals surface area contributed by atoms with Gasteiger partial charge in [0.25, 0.3) is 5.91 Å². The van der Waals surface area contributed by atoms with Gasteiger partial charge in [-0.15, -0.1) is 0 Å². The lowest BCUT2D eigenvalue weighted by atomic mass is 9.85. The molecule has 2 aromatic heterocycles. The van der Waals surface area contributed by atoms with Crippen LogP contribution in [0.1, 0.15) is 54.1 Å². The van der Waals surface area contributed by atoms with E-state index in [0.717, 1.165) is 58.3 Å². The number of hydrogen-bond acceptors (Lipinski definition) is 4. The molecule has 1 saturated heterocycles. The number of aromatic nitrogens is 1. The predicted molar refractivity (Wildman–Crippen MR) is 129 cm³/mol. The molecule has 33 heavy (non-hydrogen) atoms. The summed E-state index contributed by atoms with van der Waals surface area (Å²) in [7, 11) is 0. The molecule has 3 aromatic rings. The minimum atomic E-state index is -0.0252. The van der Waals surface area contributed by atoms with Gasteiger partial charge in [-0.25, -0.2) is 4.98 Å². The van der Waals surface area contributed by atoms with Crippen molar-refractivity contribution in [3.8, 4) is 0 Å². The van der Waals surface area contributed by atoms with Gasteiger partial charge in [-0.05, 0) is 54.7 Å². The first-order chi connectivity index (χ1) is 16.0. The van der Waals surface area contributed by atoms with Gasteiger partial charge in [-0.3, -0.25) is 9.59 Å². The Hall–Kier alpha value is -3.41. The van der Waals surface area contributed by atoms with Crippen molar-refractivity contribution in [3.05, 3.63) is 65.2 Å². The van der Waals surface area contributed by atoms with Crippen molar-refractivity contribution in [3.63, 3.8) is 0 Å². The van der Waals surface area contributed by atoms with Crippen LogP contribution in [0.15, 0.2) is 47.1 Å². The van der Waals surface area contributed by atoms with Crippen LogP contribution in [0.5, 0.6) is 0 Å². The number of piperazine rings is 1. The van der Waals surface area contributed by atoms with Crippen LogP contribution in [-0.4, -0.2) is 52.8 Å². The summed E-state index contributed by atoms with van der Waals surface area (Å²) in [6.07, 6.45) is 6.42. The summed E-state index contributed by atoms with van der Waals surface area (Å²) in [5.74, 6) is 0.969. The Bertz CT molecular complexity index is 1220. The fourth-order valence-electron chi connectivity index (χ4n) is 4.92. The number of nitrogens with zero attached hydrogens (tertiary/aromatic N) is 3. The Morgan fingerprint density at radius 1 is 1.00 bits per heavy atom. The van der Waals surface area contributed by atoms with Gasteiger partial charge in [0.05, 0.1) is 23.0 Å².